The summed E-state index contributed by atoms with van der Waals surface area (Å²) in [7, 11) is 0. The van der Waals surface area contributed by atoms with E-state index in [0.29, 0.717) is 17.3 Å². The minimum atomic E-state index is 0.232. The number of nitrogens with zero attached hydrogens (tertiary/aromatic N) is 2. The predicted molar refractivity (Wildman–Crippen MR) is 61.1 cm³/mol. The molecule has 3 nitrogen and oxygen atoms in total. The third kappa shape index (κ3) is 1.65. The Morgan fingerprint density at radius 2 is 1.94 bits per heavy atom. The van der Waals surface area contributed by atoms with Crippen molar-refractivity contribution in [2.45, 2.75) is 18.8 Å². The van der Waals surface area contributed by atoms with E-state index in [9.17, 15) is 5.11 Å². The Morgan fingerprint density at radius 3 is 2.69 bits per heavy atom. The van der Waals surface area contributed by atoms with E-state index in [2.05, 4.69) is 9.97 Å². The lowest BCUT2D eigenvalue weighted by Gasteiger charge is -2.04. The zero-order valence-electron chi connectivity index (χ0n) is 8.80. The van der Waals surface area contributed by atoms with Crippen molar-refractivity contribution < 1.29 is 5.11 Å². The quantitative estimate of drug-likeness (QED) is 0.832. The van der Waals surface area contributed by atoms with E-state index >= 15 is 0 Å². The molecule has 1 aliphatic carbocycles. The van der Waals surface area contributed by atoms with Gasteiger partial charge in [-0.05, 0) is 31.0 Å². The van der Waals surface area contributed by atoms with E-state index in [0.717, 1.165) is 5.69 Å². The van der Waals surface area contributed by atoms with E-state index in [-0.39, 0.29) is 5.75 Å². The Labute approximate surface area is 93.8 Å². The fourth-order valence-corrected chi connectivity index (χ4v) is 1.77. The van der Waals surface area contributed by atoms with Crippen LogP contribution in [0.3, 0.4) is 0 Å². The topological polar surface area (TPSA) is 46.0 Å². The fraction of sp³-hybridized carbons (Fsp3) is 0.231. The molecular formula is C13H12N2O. The van der Waals surface area contributed by atoms with Gasteiger partial charge in [-0.3, -0.25) is 0 Å². The normalized spacial score (nSPS) is 15.0. The van der Waals surface area contributed by atoms with Crippen molar-refractivity contribution in [3.63, 3.8) is 0 Å². The molecule has 0 unspecified atom stereocenters. The summed E-state index contributed by atoms with van der Waals surface area (Å²) in [5.41, 5.74) is 1.79. The molecule has 1 saturated carbocycles. The Hall–Kier alpha value is -1.90. The van der Waals surface area contributed by atoms with Gasteiger partial charge < -0.3 is 5.11 Å². The van der Waals surface area contributed by atoms with Gasteiger partial charge in [-0.15, -0.1) is 0 Å². The Morgan fingerprint density at radius 1 is 1.12 bits per heavy atom. The van der Waals surface area contributed by atoms with Crippen molar-refractivity contribution in [1.82, 2.24) is 9.97 Å². The number of benzene rings is 1. The smallest absolute Gasteiger partial charge is 0.163 e. The van der Waals surface area contributed by atoms with Gasteiger partial charge in [0.25, 0.3) is 0 Å². The van der Waals surface area contributed by atoms with Gasteiger partial charge in [-0.25, -0.2) is 9.97 Å². The molecule has 0 radical (unpaired) electrons. The highest BCUT2D eigenvalue weighted by atomic mass is 16.3. The summed E-state index contributed by atoms with van der Waals surface area (Å²) in [5.74, 6) is 1.45. The van der Waals surface area contributed by atoms with E-state index < -0.39 is 0 Å². The molecule has 0 amide bonds. The third-order valence-corrected chi connectivity index (χ3v) is 2.82. The van der Waals surface area contributed by atoms with Gasteiger partial charge in [0.15, 0.2) is 5.82 Å². The Bertz CT molecular complexity index is 521. The van der Waals surface area contributed by atoms with Crippen LogP contribution in [-0.4, -0.2) is 15.1 Å². The summed E-state index contributed by atoms with van der Waals surface area (Å²) in [6.07, 6.45) is 4.21. The van der Waals surface area contributed by atoms with Crippen LogP contribution in [0.4, 0.5) is 0 Å². The standard InChI is InChI=1S/C13H12N2O/c16-12-4-2-1-3-10(12)13-14-8-7-11(15-13)9-5-6-9/h1-4,7-9,16H,5-6H2. The fourth-order valence-electron chi connectivity index (χ4n) is 1.77. The largest absolute Gasteiger partial charge is 0.507 e. The first-order valence-corrected chi connectivity index (χ1v) is 5.46. The molecule has 1 aromatic heterocycles. The molecule has 1 aromatic carbocycles. The molecule has 0 atom stereocenters. The highest BCUT2D eigenvalue weighted by Gasteiger charge is 2.25. The number of phenols is 1. The van der Waals surface area contributed by atoms with Crippen LogP contribution in [0.5, 0.6) is 5.75 Å². The van der Waals surface area contributed by atoms with E-state index in [1.807, 2.05) is 18.2 Å². The first kappa shape index (κ1) is 9.33. The molecule has 16 heavy (non-hydrogen) atoms. The maximum Gasteiger partial charge on any atom is 0.163 e. The van der Waals surface area contributed by atoms with Crippen molar-refractivity contribution in [2.75, 3.05) is 0 Å². The molecule has 0 aliphatic heterocycles. The van der Waals surface area contributed by atoms with Crippen LogP contribution in [0.25, 0.3) is 11.4 Å². The SMILES string of the molecule is Oc1ccccc1-c1nccc(C2CC2)n1. The monoisotopic (exact) mass is 212 g/mol. The first-order valence-electron chi connectivity index (χ1n) is 5.46. The summed E-state index contributed by atoms with van der Waals surface area (Å²) in [5, 5.41) is 9.73. The highest BCUT2D eigenvalue weighted by molar-refractivity contribution is 5.63. The highest BCUT2D eigenvalue weighted by Crippen LogP contribution is 2.39. The van der Waals surface area contributed by atoms with Crippen LogP contribution in [0.15, 0.2) is 36.5 Å². The van der Waals surface area contributed by atoms with Gasteiger partial charge in [-0.2, -0.15) is 0 Å². The summed E-state index contributed by atoms with van der Waals surface area (Å²) in [6, 6.07) is 9.12. The zero-order valence-corrected chi connectivity index (χ0v) is 8.80. The average Bonchev–Trinajstić information content (AvgIpc) is 3.14. The van der Waals surface area contributed by atoms with Crippen molar-refractivity contribution in [3.05, 3.63) is 42.2 Å². The molecule has 80 valence electrons. The number of hydrogen-bond donors (Lipinski definition) is 1. The number of hydrogen-bond acceptors (Lipinski definition) is 3. The summed E-state index contributed by atoms with van der Waals surface area (Å²) < 4.78 is 0. The molecule has 0 bridgehead atoms. The van der Waals surface area contributed by atoms with Crippen molar-refractivity contribution in [1.29, 1.82) is 0 Å². The van der Waals surface area contributed by atoms with Crippen LogP contribution in [0, 0.1) is 0 Å². The minimum Gasteiger partial charge on any atom is -0.507 e. The molecule has 1 fully saturated rings. The van der Waals surface area contributed by atoms with Crippen LogP contribution < -0.4 is 0 Å². The van der Waals surface area contributed by atoms with E-state index in [1.54, 1.807) is 18.3 Å². The second-order valence-corrected chi connectivity index (χ2v) is 4.10. The van der Waals surface area contributed by atoms with Crippen LogP contribution in [-0.2, 0) is 0 Å². The minimum absolute atomic E-state index is 0.232. The lowest BCUT2D eigenvalue weighted by Crippen LogP contribution is -1.93. The summed E-state index contributed by atoms with van der Waals surface area (Å²) in [6.45, 7) is 0. The summed E-state index contributed by atoms with van der Waals surface area (Å²) in [4.78, 5) is 8.70. The number of phenolic OH excluding ortho intramolecular Hbond substituents is 1. The van der Waals surface area contributed by atoms with Crippen molar-refractivity contribution in [2.24, 2.45) is 0 Å². The molecule has 0 saturated heterocycles. The maximum absolute atomic E-state index is 9.73. The van der Waals surface area contributed by atoms with Crippen LogP contribution >= 0.6 is 0 Å². The van der Waals surface area contributed by atoms with E-state index in [1.165, 1.54) is 12.8 Å². The van der Waals surface area contributed by atoms with Crippen molar-refractivity contribution in [3.8, 4) is 17.1 Å². The van der Waals surface area contributed by atoms with E-state index in [4.69, 9.17) is 0 Å². The number of aromatic nitrogens is 2. The lowest BCUT2D eigenvalue weighted by molar-refractivity contribution is 0.477. The lowest BCUT2D eigenvalue weighted by atomic mass is 10.2. The molecular weight excluding hydrogens is 200 g/mol. The molecule has 2 aromatic rings. The second-order valence-electron chi connectivity index (χ2n) is 4.10. The average molecular weight is 212 g/mol. The molecule has 1 heterocycles. The van der Waals surface area contributed by atoms with Gasteiger partial charge in [-0.1, -0.05) is 12.1 Å². The first-order chi connectivity index (χ1) is 7.84. The molecule has 1 aliphatic rings. The van der Waals surface area contributed by atoms with Gasteiger partial charge in [0.05, 0.1) is 5.56 Å². The predicted octanol–water partition coefficient (Wildman–Crippen LogP) is 2.73. The number of para-hydroxylation sites is 1. The molecule has 1 N–H and O–H groups in total. The van der Waals surface area contributed by atoms with Crippen LogP contribution in [0.2, 0.25) is 0 Å². The molecule has 3 heteroatoms. The number of aromatic hydroxyl groups is 1. The summed E-state index contributed by atoms with van der Waals surface area (Å²) >= 11 is 0. The van der Waals surface area contributed by atoms with Gasteiger partial charge in [0, 0.05) is 17.8 Å². The third-order valence-electron chi connectivity index (χ3n) is 2.82. The van der Waals surface area contributed by atoms with Gasteiger partial charge >= 0.3 is 0 Å². The maximum atomic E-state index is 9.73. The Kier molecular flexibility index (Phi) is 2.10. The Balaban J connectivity index is 2.05. The zero-order chi connectivity index (χ0) is 11.0. The molecule has 3 rings (SSSR count). The molecule has 0 spiro atoms. The van der Waals surface area contributed by atoms with Gasteiger partial charge in [0.1, 0.15) is 5.75 Å². The number of rotatable bonds is 2. The van der Waals surface area contributed by atoms with Crippen LogP contribution in [0.1, 0.15) is 24.5 Å². The van der Waals surface area contributed by atoms with Crippen molar-refractivity contribution >= 4 is 0 Å². The second kappa shape index (κ2) is 3.59. The van der Waals surface area contributed by atoms with Gasteiger partial charge in [0.2, 0.25) is 0 Å².